The standard InChI is InChI=1S/C40H57FN6O3/c1-3-35(48)47-23-22-46(26-32(47)17-20-42)40(30-10-7-5-4-6-8-11-30)34-16-19-39(18-15-28-24-31(41)14-13-29(28)25-39)37(49)36(34)43-38(44-40)50-27-33-12-9-21-45(33)2/h3,13-14,24,30,32-34,36,38,43-44H,1,4-12,15-19,21-23,25-27H2,2H3/t32?,33?,34?,36?,38?,39-,40?/m0/s1. The van der Waals surface area contributed by atoms with E-state index in [4.69, 9.17) is 4.74 Å². The molecule has 6 aliphatic rings. The molecule has 10 heteroatoms. The van der Waals surface area contributed by atoms with Crippen LogP contribution in [0.25, 0.3) is 0 Å². The fourth-order valence-corrected chi connectivity index (χ4v) is 10.9. The first kappa shape index (κ1) is 35.7. The summed E-state index contributed by atoms with van der Waals surface area (Å²) in [5.41, 5.74) is 1.11. The highest BCUT2D eigenvalue weighted by molar-refractivity contribution is 5.92. The summed E-state index contributed by atoms with van der Waals surface area (Å²) in [7, 11) is 2.16. The van der Waals surface area contributed by atoms with Gasteiger partial charge in [0, 0.05) is 37.0 Å². The number of amides is 1. The number of halogens is 1. The predicted molar refractivity (Wildman–Crippen MR) is 190 cm³/mol. The summed E-state index contributed by atoms with van der Waals surface area (Å²) in [4.78, 5) is 35.0. The summed E-state index contributed by atoms with van der Waals surface area (Å²) in [6, 6.07) is 7.13. The molecule has 272 valence electrons. The number of hydrogen-bond donors (Lipinski definition) is 2. The number of nitriles is 1. The number of Topliss-reactive ketones (excluding diaryl/α,β-unsaturated/α-hetero) is 1. The lowest BCUT2D eigenvalue weighted by Gasteiger charge is -2.64. The molecule has 1 aromatic carbocycles. The minimum absolute atomic E-state index is 0.00179. The molecule has 7 rings (SSSR count). The second-order valence-electron chi connectivity index (χ2n) is 16.2. The second kappa shape index (κ2) is 15.1. The van der Waals surface area contributed by atoms with E-state index in [1.807, 2.05) is 11.0 Å². The molecule has 9 nitrogen and oxygen atoms in total. The van der Waals surface area contributed by atoms with Crippen molar-refractivity contribution in [1.82, 2.24) is 25.3 Å². The molecular weight excluding hydrogens is 631 g/mol. The van der Waals surface area contributed by atoms with E-state index in [0.29, 0.717) is 51.0 Å². The number of aryl methyl sites for hydroxylation is 1. The summed E-state index contributed by atoms with van der Waals surface area (Å²) in [5, 5.41) is 17.8. The number of likely N-dealkylation sites (N-methyl/N-ethyl adjacent to an activating group) is 1. The van der Waals surface area contributed by atoms with Crippen LogP contribution < -0.4 is 10.6 Å². The number of piperazine rings is 1. The number of hydrogen-bond acceptors (Lipinski definition) is 8. The van der Waals surface area contributed by atoms with Crippen LogP contribution in [0.1, 0.15) is 94.6 Å². The average molecular weight is 689 g/mol. The first-order valence-electron chi connectivity index (χ1n) is 19.5. The zero-order valence-electron chi connectivity index (χ0n) is 30.0. The van der Waals surface area contributed by atoms with Gasteiger partial charge in [-0.15, -0.1) is 0 Å². The maximum absolute atomic E-state index is 15.2. The molecule has 3 aliphatic carbocycles. The Balaban J connectivity index is 1.27. The Labute approximate surface area is 297 Å². The fourth-order valence-electron chi connectivity index (χ4n) is 10.9. The molecule has 2 N–H and O–H groups in total. The number of ketones is 1. The van der Waals surface area contributed by atoms with E-state index in [2.05, 4.69) is 40.1 Å². The van der Waals surface area contributed by atoms with E-state index in [1.165, 1.54) is 31.4 Å². The van der Waals surface area contributed by atoms with Crippen molar-refractivity contribution in [3.8, 4) is 6.07 Å². The Morgan fingerprint density at radius 2 is 1.86 bits per heavy atom. The van der Waals surface area contributed by atoms with Crippen LogP contribution in [0.3, 0.4) is 0 Å². The number of nitrogens with zero attached hydrogens (tertiary/aromatic N) is 4. The van der Waals surface area contributed by atoms with Gasteiger partial charge in [-0.25, -0.2) is 4.39 Å². The monoisotopic (exact) mass is 688 g/mol. The Kier molecular flexibility index (Phi) is 10.8. The lowest BCUT2D eigenvalue weighted by Crippen LogP contribution is -2.83. The van der Waals surface area contributed by atoms with Gasteiger partial charge in [0.1, 0.15) is 5.82 Å². The van der Waals surface area contributed by atoms with Gasteiger partial charge in [-0.05, 0) is 107 Å². The molecule has 5 fully saturated rings. The highest BCUT2D eigenvalue weighted by atomic mass is 19.1. The number of carbonyl (C=O) groups excluding carboxylic acids is 2. The molecule has 0 bridgehead atoms. The van der Waals surface area contributed by atoms with Crippen molar-refractivity contribution in [2.75, 3.05) is 39.8 Å². The molecule has 1 spiro atoms. The Morgan fingerprint density at radius 1 is 1.06 bits per heavy atom. The number of ether oxygens (including phenoxy) is 1. The van der Waals surface area contributed by atoms with E-state index in [-0.39, 0.29) is 35.9 Å². The van der Waals surface area contributed by atoms with Crippen LogP contribution >= 0.6 is 0 Å². The highest BCUT2D eigenvalue weighted by Gasteiger charge is 2.62. The maximum Gasteiger partial charge on any atom is 0.246 e. The third-order valence-corrected chi connectivity index (χ3v) is 13.6. The van der Waals surface area contributed by atoms with Crippen LogP contribution in [-0.4, -0.2) is 96.4 Å². The maximum atomic E-state index is 15.2. The number of carbonyl (C=O) groups is 2. The molecule has 1 amide bonds. The molecule has 50 heavy (non-hydrogen) atoms. The Hall–Kier alpha value is -2.68. The normalized spacial score (nSPS) is 35.9. The second-order valence-corrected chi connectivity index (χ2v) is 16.2. The van der Waals surface area contributed by atoms with E-state index < -0.39 is 23.5 Å². The summed E-state index contributed by atoms with van der Waals surface area (Å²) < 4.78 is 21.0. The van der Waals surface area contributed by atoms with Crippen LogP contribution in [0.15, 0.2) is 30.9 Å². The first-order valence-corrected chi connectivity index (χ1v) is 19.5. The van der Waals surface area contributed by atoms with Crippen molar-refractivity contribution < 1.29 is 18.7 Å². The van der Waals surface area contributed by atoms with Gasteiger partial charge in [0.15, 0.2) is 12.1 Å². The van der Waals surface area contributed by atoms with E-state index in [0.717, 1.165) is 75.5 Å². The van der Waals surface area contributed by atoms with E-state index >= 15 is 4.79 Å². The lowest BCUT2D eigenvalue weighted by molar-refractivity contribution is -0.190. The summed E-state index contributed by atoms with van der Waals surface area (Å²) in [5.74, 6) is 0.226. The number of fused-ring (bicyclic) bond motifs is 2. The number of likely N-dealkylation sites (tertiary alicyclic amines) is 1. The Bertz CT molecular complexity index is 1460. The van der Waals surface area contributed by atoms with Crippen LogP contribution in [0, 0.1) is 34.4 Å². The Morgan fingerprint density at radius 3 is 2.60 bits per heavy atom. The minimum atomic E-state index is -0.538. The first-order chi connectivity index (χ1) is 24.3. The van der Waals surface area contributed by atoms with Crippen LogP contribution in [-0.2, 0) is 27.2 Å². The summed E-state index contributed by atoms with van der Waals surface area (Å²) in [6.07, 6.45) is 15.3. The van der Waals surface area contributed by atoms with E-state index in [1.54, 1.807) is 6.07 Å². The van der Waals surface area contributed by atoms with Gasteiger partial charge in [0.05, 0.1) is 36.8 Å². The molecule has 6 unspecified atom stereocenters. The van der Waals surface area contributed by atoms with Gasteiger partial charge in [-0.3, -0.25) is 25.1 Å². The minimum Gasteiger partial charge on any atom is -0.348 e. The SMILES string of the molecule is C=CC(=O)N1CCN(C2(C3CCCCCCC3)NC(OCC3CCCN3C)NC3C(=O)[C@@]4(CCc5cc(F)ccc5C4)CCC32)CC1CC#N. The molecular formula is C40H57FN6O3. The summed E-state index contributed by atoms with van der Waals surface area (Å²) >= 11 is 0. The van der Waals surface area contributed by atoms with Crippen molar-refractivity contribution in [3.63, 3.8) is 0 Å². The quantitative estimate of drug-likeness (QED) is 0.391. The van der Waals surface area contributed by atoms with E-state index in [9.17, 15) is 14.4 Å². The van der Waals surface area contributed by atoms with Crippen LogP contribution in [0.5, 0.6) is 0 Å². The van der Waals surface area contributed by atoms with Gasteiger partial charge in [0.25, 0.3) is 0 Å². The topological polar surface area (TPSA) is 101 Å². The zero-order chi connectivity index (χ0) is 34.9. The van der Waals surface area contributed by atoms with Crippen molar-refractivity contribution >= 4 is 11.7 Å². The third kappa shape index (κ3) is 6.69. The van der Waals surface area contributed by atoms with Gasteiger partial charge in [-0.2, -0.15) is 5.26 Å². The predicted octanol–water partition coefficient (Wildman–Crippen LogP) is 4.90. The molecule has 0 radical (unpaired) electrons. The lowest BCUT2D eigenvalue weighted by atomic mass is 9.55. The van der Waals surface area contributed by atoms with Crippen LogP contribution in [0.2, 0.25) is 0 Å². The van der Waals surface area contributed by atoms with Gasteiger partial charge in [0.2, 0.25) is 5.91 Å². The average Bonchev–Trinajstić information content (AvgIpc) is 3.53. The molecule has 0 aromatic heterocycles. The van der Waals surface area contributed by atoms with Gasteiger partial charge in [-0.1, -0.05) is 44.7 Å². The molecule has 7 atom stereocenters. The van der Waals surface area contributed by atoms with Gasteiger partial charge >= 0.3 is 0 Å². The number of nitrogens with one attached hydrogen (secondary N) is 2. The van der Waals surface area contributed by atoms with Crippen molar-refractivity contribution in [1.29, 1.82) is 5.26 Å². The molecule has 2 saturated carbocycles. The van der Waals surface area contributed by atoms with Crippen molar-refractivity contribution in [3.05, 3.63) is 47.8 Å². The smallest absolute Gasteiger partial charge is 0.246 e. The number of benzene rings is 1. The number of rotatable bonds is 7. The van der Waals surface area contributed by atoms with Crippen molar-refractivity contribution in [2.45, 2.75) is 126 Å². The summed E-state index contributed by atoms with van der Waals surface area (Å²) in [6.45, 7) is 7.14. The largest absolute Gasteiger partial charge is 0.348 e. The van der Waals surface area contributed by atoms with Gasteiger partial charge < -0.3 is 14.5 Å². The molecule has 1 aromatic rings. The molecule has 3 saturated heterocycles. The highest BCUT2D eigenvalue weighted by Crippen LogP contribution is 2.53. The van der Waals surface area contributed by atoms with Crippen molar-refractivity contribution in [2.24, 2.45) is 17.3 Å². The van der Waals surface area contributed by atoms with Crippen LogP contribution in [0.4, 0.5) is 4.39 Å². The molecule has 3 aliphatic heterocycles. The fraction of sp³-hybridized carbons (Fsp3) is 0.725. The zero-order valence-corrected chi connectivity index (χ0v) is 30.0. The third-order valence-electron chi connectivity index (χ3n) is 13.6. The molecule has 3 heterocycles.